The van der Waals surface area contributed by atoms with E-state index in [0.29, 0.717) is 28.1 Å². The Hall–Kier alpha value is -2.73. The van der Waals surface area contributed by atoms with Gasteiger partial charge in [-0.3, -0.25) is 4.79 Å². The van der Waals surface area contributed by atoms with E-state index in [2.05, 4.69) is 17.2 Å². The van der Waals surface area contributed by atoms with E-state index in [9.17, 15) is 4.79 Å². The zero-order chi connectivity index (χ0) is 22.6. The molecule has 1 amide bonds. The van der Waals surface area contributed by atoms with Gasteiger partial charge in [0.05, 0.1) is 18.1 Å². The van der Waals surface area contributed by atoms with Gasteiger partial charge in [-0.2, -0.15) is 0 Å². The average molecular weight is 453 g/mol. The lowest BCUT2D eigenvalue weighted by molar-refractivity contribution is -0.115. The van der Waals surface area contributed by atoms with E-state index < -0.39 is 0 Å². The summed E-state index contributed by atoms with van der Waals surface area (Å²) in [5, 5.41) is 3.38. The van der Waals surface area contributed by atoms with Crippen LogP contribution in [0.1, 0.15) is 57.9 Å². The number of carbonyl (C=O) groups is 1. The van der Waals surface area contributed by atoms with Crippen LogP contribution in [0.5, 0.6) is 11.5 Å². The summed E-state index contributed by atoms with van der Waals surface area (Å²) >= 11 is 1.33. The molecule has 6 heteroatoms. The lowest BCUT2D eigenvalue weighted by Gasteiger charge is -2.06. The Morgan fingerprint density at radius 1 is 0.938 bits per heavy atom. The highest BCUT2D eigenvalue weighted by Gasteiger charge is 2.24. The molecule has 1 aliphatic rings. The zero-order valence-corrected chi connectivity index (χ0v) is 19.7. The van der Waals surface area contributed by atoms with Gasteiger partial charge in [0, 0.05) is 0 Å². The van der Waals surface area contributed by atoms with E-state index in [4.69, 9.17) is 9.47 Å². The number of hydrogen-bond acceptors (Lipinski definition) is 5. The monoisotopic (exact) mass is 452 g/mol. The van der Waals surface area contributed by atoms with Crippen molar-refractivity contribution in [3.05, 3.63) is 59.0 Å². The fourth-order valence-electron chi connectivity index (χ4n) is 3.30. The third-order valence-corrected chi connectivity index (χ3v) is 5.89. The molecule has 5 nitrogen and oxygen atoms in total. The number of benzene rings is 2. The van der Waals surface area contributed by atoms with Crippen LogP contribution in [0.3, 0.4) is 0 Å². The van der Waals surface area contributed by atoms with Gasteiger partial charge in [-0.15, -0.1) is 0 Å². The molecular weight excluding hydrogens is 420 g/mol. The molecule has 1 N–H and O–H groups in total. The third kappa shape index (κ3) is 7.45. The number of nitrogens with one attached hydrogen (secondary N) is 1. The van der Waals surface area contributed by atoms with Crippen LogP contribution in [0.15, 0.2) is 58.4 Å². The van der Waals surface area contributed by atoms with Gasteiger partial charge in [0.1, 0.15) is 17.2 Å². The summed E-state index contributed by atoms with van der Waals surface area (Å²) < 4.78 is 11.4. The van der Waals surface area contributed by atoms with E-state index in [1.807, 2.05) is 61.5 Å². The van der Waals surface area contributed by atoms with Gasteiger partial charge < -0.3 is 14.8 Å². The molecule has 1 saturated heterocycles. The van der Waals surface area contributed by atoms with E-state index in [1.54, 1.807) is 0 Å². The number of para-hydroxylation sites is 2. The molecule has 0 aliphatic carbocycles. The maximum atomic E-state index is 12.4. The number of hydrogen-bond donors (Lipinski definition) is 1. The lowest BCUT2D eigenvalue weighted by atomic mass is 10.1. The molecule has 0 radical (unpaired) electrons. The van der Waals surface area contributed by atoms with Gasteiger partial charge >= 0.3 is 0 Å². The van der Waals surface area contributed by atoms with Crippen molar-refractivity contribution < 1.29 is 14.3 Å². The molecule has 0 bridgehead atoms. The summed E-state index contributed by atoms with van der Waals surface area (Å²) in [7, 11) is 0. The summed E-state index contributed by atoms with van der Waals surface area (Å²) in [5.41, 5.74) is 1.65. The van der Waals surface area contributed by atoms with Gasteiger partial charge in [0.2, 0.25) is 0 Å². The largest absolute Gasteiger partial charge is 0.494 e. The summed E-state index contributed by atoms with van der Waals surface area (Å²) in [6, 6.07) is 15.4. The van der Waals surface area contributed by atoms with Gasteiger partial charge in [-0.05, 0) is 61.0 Å². The standard InChI is InChI=1S/C26H32N2O3S/c1-3-5-6-7-8-11-18-31-21-16-14-20(15-17-21)19-24-25(29)28-26(32-24)27-22-12-9-10-13-23(22)30-4-2/h9-10,12-17,19H,3-8,11,18H2,1-2H3,(H,27,28,29)/b24-19-. The Morgan fingerprint density at radius 2 is 1.69 bits per heavy atom. The van der Waals surface area contributed by atoms with Gasteiger partial charge in [0.15, 0.2) is 5.17 Å². The number of aliphatic imine (C=N–C) groups is 1. The van der Waals surface area contributed by atoms with Crippen LogP contribution >= 0.6 is 11.8 Å². The molecule has 1 aliphatic heterocycles. The van der Waals surface area contributed by atoms with Crippen molar-refractivity contribution in [2.75, 3.05) is 13.2 Å². The molecule has 170 valence electrons. The van der Waals surface area contributed by atoms with E-state index in [0.717, 1.165) is 24.3 Å². The van der Waals surface area contributed by atoms with Crippen LogP contribution < -0.4 is 14.8 Å². The van der Waals surface area contributed by atoms with Crippen LogP contribution in [-0.4, -0.2) is 24.3 Å². The second-order valence-electron chi connectivity index (χ2n) is 7.57. The van der Waals surface area contributed by atoms with Crippen molar-refractivity contribution in [2.24, 2.45) is 4.99 Å². The van der Waals surface area contributed by atoms with Gasteiger partial charge in [-0.1, -0.05) is 63.3 Å². The smallest absolute Gasteiger partial charge is 0.264 e. The predicted octanol–water partition coefficient (Wildman–Crippen LogP) is 6.72. The maximum absolute atomic E-state index is 12.4. The molecule has 0 saturated carbocycles. The molecule has 0 spiro atoms. The second-order valence-corrected chi connectivity index (χ2v) is 8.60. The van der Waals surface area contributed by atoms with E-state index in [1.165, 1.54) is 43.9 Å². The molecular formula is C26H32N2O3S. The Labute approximate surface area is 195 Å². The molecule has 0 aromatic heterocycles. The quantitative estimate of drug-likeness (QED) is 0.287. The summed E-state index contributed by atoms with van der Waals surface area (Å²) in [5.74, 6) is 1.41. The highest BCUT2D eigenvalue weighted by molar-refractivity contribution is 8.18. The van der Waals surface area contributed by atoms with Crippen LogP contribution in [-0.2, 0) is 4.79 Å². The summed E-state index contributed by atoms with van der Waals surface area (Å²) in [6.07, 6.45) is 9.37. The predicted molar refractivity (Wildman–Crippen MR) is 134 cm³/mol. The van der Waals surface area contributed by atoms with Crippen LogP contribution in [0.25, 0.3) is 6.08 Å². The minimum absolute atomic E-state index is 0.147. The summed E-state index contributed by atoms with van der Waals surface area (Å²) in [6.45, 7) is 5.47. The molecule has 32 heavy (non-hydrogen) atoms. The first-order valence-corrected chi connectivity index (χ1v) is 12.3. The Bertz CT molecular complexity index is 938. The number of amidine groups is 1. The normalized spacial score (nSPS) is 15.9. The van der Waals surface area contributed by atoms with Crippen molar-refractivity contribution in [3.8, 4) is 11.5 Å². The van der Waals surface area contributed by atoms with Crippen LogP contribution in [0.4, 0.5) is 5.69 Å². The van der Waals surface area contributed by atoms with Crippen molar-refractivity contribution in [1.29, 1.82) is 0 Å². The number of ether oxygens (including phenoxy) is 2. The number of unbranched alkanes of at least 4 members (excludes halogenated alkanes) is 5. The van der Waals surface area contributed by atoms with Gasteiger partial charge in [-0.25, -0.2) is 4.99 Å². The first-order chi connectivity index (χ1) is 15.7. The van der Waals surface area contributed by atoms with Crippen molar-refractivity contribution in [1.82, 2.24) is 5.32 Å². The van der Waals surface area contributed by atoms with Crippen molar-refractivity contribution >= 4 is 34.6 Å². The number of rotatable bonds is 12. The molecule has 2 aromatic rings. The third-order valence-electron chi connectivity index (χ3n) is 4.98. The minimum Gasteiger partial charge on any atom is -0.494 e. The fraction of sp³-hybridized carbons (Fsp3) is 0.385. The number of nitrogens with zero attached hydrogens (tertiary/aromatic N) is 1. The van der Waals surface area contributed by atoms with E-state index >= 15 is 0 Å². The van der Waals surface area contributed by atoms with Crippen molar-refractivity contribution in [2.45, 2.75) is 52.4 Å². The zero-order valence-electron chi connectivity index (χ0n) is 18.9. The summed E-state index contributed by atoms with van der Waals surface area (Å²) in [4.78, 5) is 17.6. The first kappa shape index (κ1) is 23.9. The SMILES string of the molecule is CCCCCCCCOc1ccc(/C=C2\SC(=Nc3ccccc3OCC)NC2=O)cc1. The first-order valence-electron chi connectivity index (χ1n) is 11.4. The number of amides is 1. The Kier molecular flexibility index (Phi) is 9.69. The highest BCUT2D eigenvalue weighted by Crippen LogP contribution is 2.32. The molecule has 0 atom stereocenters. The van der Waals surface area contributed by atoms with Crippen molar-refractivity contribution in [3.63, 3.8) is 0 Å². The number of carbonyl (C=O) groups excluding carboxylic acids is 1. The topological polar surface area (TPSA) is 59.9 Å². The second kappa shape index (κ2) is 13.0. The minimum atomic E-state index is -0.147. The Morgan fingerprint density at radius 3 is 2.47 bits per heavy atom. The number of thioether (sulfide) groups is 1. The molecule has 3 rings (SSSR count). The molecule has 2 aromatic carbocycles. The van der Waals surface area contributed by atoms with Crippen LogP contribution in [0.2, 0.25) is 0 Å². The van der Waals surface area contributed by atoms with E-state index in [-0.39, 0.29) is 5.91 Å². The molecule has 1 heterocycles. The van der Waals surface area contributed by atoms with Gasteiger partial charge in [0.25, 0.3) is 5.91 Å². The molecule has 0 unspecified atom stereocenters. The van der Waals surface area contributed by atoms with Crippen LogP contribution in [0, 0.1) is 0 Å². The average Bonchev–Trinajstić information content (AvgIpc) is 3.14. The molecule has 1 fully saturated rings. The maximum Gasteiger partial charge on any atom is 0.264 e. The Balaban J connectivity index is 1.54. The lowest BCUT2D eigenvalue weighted by Crippen LogP contribution is -2.19. The fourth-order valence-corrected chi connectivity index (χ4v) is 4.14. The highest BCUT2D eigenvalue weighted by atomic mass is 32.2.